The summed E-state index contributed by atoms with van der Waals surface area (Å²) >= 11 is 0. The van der Waals surface area contributed by atoms with E-state index in [-0.39, 0.29) is 11.6 Å². The number of aromatic nitrogens is 2. The van der Waals surface area contributed by atoms with Crippen molar-refractivity contribution in [2.45, 2.75) is 33.7 Å². The first-order valence-corrected chi connectivity index (χ1v) is 7.43. The zero-order valence-electron chi connectivity index (χ0n) is 13.5. The molecule has 7 heteroatoms. The first kappa shape index (κ1) is 16.7. The molecule has 0 bridgehead atoms. The second-order valence-corrected chi connectivity index (χ2v) is 5.52. The summed E-state index contributed by atoms with van der Waals surface area (Å²) in [4.78, 5) is 22.4. The third kappa shape index (κ3) is 4.15. The highest BCUT2D eigenvalue weighted by Gasteiger charge is 2.13. The highest BCUT2D eigenvalue weighted by Crippen LogP contribution is 2.18. The van der Waals surface area contributed by atoms with Gasteiger partial charge in [-0.05, 0) is 45.4 Å². The van der Waals surface area contributed by atoms with Crippen LogP contribution in [0, 0.1) is 30.9 Å². The second-order valence-electron chi connectivity index (χ2n) is 5.52. The average Bonchev–Trinajstić information content (AvgIpc) is 2.80. The number of rotatable bonds is 6. The van der Waals surface area contributed by atoms with Crippen molar-refractivity contribution in [3.05, 3.63) is 56.9 Å². The number of nitro benzene ring substituents is 1. The van der Waals surface area contributed by atoms with Crippen molar-refractivity contribution in [1.82, 2.24) is 15.1 Å². The van der Waals surface area contributed by atoms with Gasteiger partial charge in [-0.1, -0.05) is 0 Å². The molecule has 1 heterocycles. The van der Waals surface area contributed by atoms with Crippen LogP contribution in [0.2, 0.25) is 0 Å². The number of nitrogens with zero attached hydrogens (tertiary/aromatic N) is 3. The Morgan fingerprint density at radius 1 is 1.30 bits per heavy atom. The fourth-order valence-corrected chi connectivity index (χ4v) is 2.44. The molecule has 0 saturated carbocycles. The molecular formula is C16H20N4O3. The zero-order chi connectivity index (χ0) is 17.0. The van der Waals surface area contributed by atoms with Gasteiger partial charge in [-0.2, -0.15) is 5.10 Å². The molecule has 0 aliphatic rings. The Balaban J connectivity index is 1.86. The minimum absolute atomic E-state index is 0.0195. The SMILES string of the molecule is Cc1cc(C)n(CCCNC(=O)c2ccc([N+](=O)[O-])c(C)c2)n1. The largest absolute Gasteiger partial charge is 0.352 e. The van der Waals surface area contributed by atoms with E-state index in [0.717, 1.165) is 24.4 Å². The molecule has 2 aromatic rings. The van der Waals surface area contributed by atoms with Gasteiger partial charge in [0.1, 0.15) is 0 Å². The molecule has 0 atom stereocenters. The Kier molecular flexibility index (Phi) is 5.10. The summed E-state index contributed by atoms with van der Waals surface area (Å²) in [7, 11) is 0. The molecule has 0 fully saturated rings. The van der Waals surface area contributed by atoms with E-state index in [1.165, 1.54) is 18.2 Å². The maximum Gasteiger partial charge on any atom is 0.272 e. The van der Waals surface area contributed by atoms with Crippen LogP contribution in [0.25, 0.3) is 0 Å². The van der Waals surface area contributed by atoms with Crippen LogP contribution in [0.15, 0.2) is 24.3 Å². The standard InChI is InChI=1S/C16H20N4O3/c1-11-9-14(5-6-15(11)20(22)23)16(21)17-7-4-8-19-13(3)10-12(2)18-19/h5-6,9-10H,4,7-8H2,1-3H3,(H,17,21). The Bertz CT molecular complexity index is 737. The van der Waals surface area contributed by atoms with Crippen molar-refractivity contribution < 1.29 is 9.72 Å². The first-order chi connectivity index (χ1) is 10.9. The van der Waals surface area contributed by atoms with E-state index < -0.39 is 4.92 Å². The third-order valence-corrected chi connectivity index (χ3v) is 3.59. The molecule has 0 unspecified atom stereocenters. The fraction of sp³-hybridized carbons (Fsp3) is 0.375. The number of amides is 1. The van der Waals surface area contributed by atoms with Crippen LogP contribution in [-0.4, -0.2) is 27.2 Å². The molecule has 122 valence electrons. The molecule has 0 radical (unpaired) electrons. The topological polar surface area (TPSA) is 90.1 Å². The Morgan fingerprint density at radius 3 is 2.61 bits per heavy atom. The summed E-state index contributed by atoms with van der Waals surface area (Å²) in [6, 6.07) is 6.38. The monoisotopic (exact) mass is 316 g/mol. The van der Waals surface area contributed by atoms with Crippen molar-refractivity contribution in [1.29, 1.82) is 0 Å². The van der Waals surface area contributed by atoms with Crippen LogP contribution in [0.5, 0.6) is 0 Å². The van der Waals surface area contributed by atoms with Gasteiger partial charge < -0.3 is 5.32 Å². The highest BCUT2D eigenvalue weighted by atomic mass is 16.6. The van der Waals surface area contributed by atoms with Gasteiger partial charge in [-0.3, -0.25) is 19.6 Å². The van der Waals surface area contributed by atoms with Crippen LogP contribution in [0.1, 0.15) is 33.7 Å². The quantitative estimate of drug-likeness (QED) is 0.504. The summed E-state index contributed by atoms with van der Waals surface area (Å²) in [6.45, 7) is 6.82. The number of benzene rings is 1. The van der Waals surface area contributed by atoms with Crippen LogP contribution in [-0.2, 0) is 6.54 Å². The van der Waals surface area contributed by atoms with Crippen molar-refractivity contribution in [3.8, 4) is 0 Å². The van der Waals surface area contributed by atoms with Crippen molar-refractivity contribution >= 4 is 11.6 Å². The summed E-state index contributed by atoms with van der Waals surface area (Å²) in [5, 5.41) is 18.0. The molecule has 0 spiro atoms. The van der Waals surface area contributed by atoms with E-state index >= 15 is 0 Å². The Labute approximate surface area is 134 Å². The summed E-state index contributed by atoms with van der Waals surface area (Å²) in [6.07, 6.45) is 0.764. The van der Waals surface area contributed by atoms with Crippen LogP contribution in [0.3, 0.4) is 0 Å². The third-order valence-electron chi connectivity index (χ3n) is 3.59. The minimum atomic E-state index is -0.453. The Morgan fingerprint density at radius 2 is 2.04 bits per heavy atom. The second kappa shape index (κ2) is 7.04. The number of carbonyl (C=O) groups excluding carboxylic acids is 1. The van der Waals surface area contributed by atoms with Gasteiger partial charge >= 0.3 is 0 Å². The maximum atomic E-state index is 12.1. The number of nitro groups is 1. The van der Waals surface area contributed by atoms with Gasteiger partial charge in [-0.15, -0.1) is 0 Å². The smallest absolute Gasteiger partial charge is 0.272 e. The number of carbonyl (C=O) groups is 1. The molecule has 2 rings (SSSR count). The lowest BCUT2D eigenvalue weighted by Gasteiger charge is -2.07. The number of nitrogens with one attached hydrogen (secondary N) is 1. The molecule has 0 aliphatic carbocycles. The number of hydrogen-bond acceptors (Lipinski definition) is 4. The molecule has 1 aromatic heterocycles. The van der Waals surface area contributed by atoms with Gasteiger partial charge in [0.25, 0.3) is 11.6 Å². The minimum Gasteiger partial charge on any atom is -0.352 e. The van der Waals surface area contributed by atoms with Crippen molar-refractivity contribution in [2.75, 3.05) is 6.54 Å². The van der Waals surface area contributed by atoms with Gasteiger partial charge in [0, 0.05) is 36.0 Å². The first-order valence-electron chi connectivity index (χ1n) is 7.43. The molecule has 23 heavy (non-hydrogen) atoms. The zero-order valence-corrected chi connectivity index (χ0v) is 13.5. The number of aryl methyl sites for hydroxylation is 4. The van der Waals surface area contributed by atoms with Gasteiger partial charge in [0.05, 0.1) is 10.6 Å². The van der Waals surface area contributed by atoms with Crippen LogP contribution < -0.4 is 5.32 Å². The molecule has 1 aromatic carbocycles. The lowest BCUT2D eigenvalue weighted by molar-refractivity contribution is -0.385. The molecule has 1 N–H and O–H groups in total. The predicted octanol–water partition coefficient (Wildman–Crippen LogP) is 2.54. The lowest BCUT2D eigenvalue weighted by atomic mass is 10.1. The highest BCUT2D eigenvalue weighted by molar-refractivity contribution is 5.94. The normalized spacial score (nSPS) is 10.6. The molecule has 1 amide bonds. The van der Waals surface area contributed by atoms with Gasteiger partial charge in [-0.25, -0.2) is 0 Å². The number of hydrogen-bond donors (Lipinski definition) is 1. The van der Waals surface area contributed by atoms with E-state index in [2.05, 4.69) is 10.4 Å². The van der Waals surface area contributed by atoms with E-state index in [0.29, 0.717) is 17.7 Å². The van der Waals surface area contributed by atoms with E-state index in [1.54, 1.807) is 6.92 Å². The maximum absolute atomic E-state index is 12.1. The van der Waals surface area contributed by atoms with Crippen LogP contribution >= 0.6 is 0 Å². The van der Waals surface area contributed by atoms with Crippen molar-refractivity contribution in [2.24, 2.45) is 0 Å². The molecule has 0 aliphatic heterocycles. The summed E-state index contributed by atoms with van der Waals surface area (Å²) in [5.41, 5.74) is 3.00. The predicted molar refractivity (Wildman–Crippen MR) is 86.5 cm³/mol. The van der Waals surface area contributed by atoms with E-state index in [1.807, 2.05) is 24.6 Å². The van der Waals surface area contributed by atoms with E-state index in [4.69, 9.17) is 0 Å². The lowest BCUT2D eigenvalue weighted by Crippen LogP contribution is -2.25. The molecule has 0 saturated heterocycles. The van der Waals surface area contributed by atoms with Gasteiger partial charge in [0.15, 0.2) is 0 Å². The van der Waals surface area contributed by atoms with Gasteiger partial charge in [0.2, 0.25) is 0 Å². The van der Waals surface area contributed by atoms with Crippen LogP contribution in [0.4, 0.5) is 5.69 Å². The summed E-state index contributed by atoms with van der Waals surface area (Å²) in [5.74, 6) is -0.226. The van der Waals surface area contributed by atoms with E-state index in [9.17, 15) is 14.9 Å². The summed E-state index contributed by atoms with van der Waals surface area (Å²) < 4.78 is 1.91. The molecular weight excluding hydrogens is 296 g/mol. The Hall–Kier alpha value is -2.70. The average molecular weight is 316 g/mol. The molecule has 7 nitrogen and oxygen atoms in total. The fourth-order valence-electron chi connectivity index (χ4n) is 2.44. The van der Waals surface area contributed by atoms with Crippen molar-refractivity contribution in [3.63, 3.8) is 0 Å².